The van der Waals surface area contributed by atoms with Crippen molar-refractivity contribution in [3.63, 3.8) is 0 Å². The van der Waals surface area contributed by atoms with Crippen LogP contribution < -0.4 is 5.73 Å². The summed E-state index contributed by atoms with van der Waals surface area (Å²) in [6.07, 6.45) is 1.04. The lowest BCUT2D eigenvalue weighted by atomic mass is 9.95. The highest BCUT2D eigenvalue weighted by Gasteiger charge is 2.31. The first-order chi connectivity index (χ1) is 8.04. The molecule has 1 aromatic carbocycles. The van der Waals surface area contributed by atoms with Gasteiger partial charge >= 0.3 is 0 Å². The Kier molecular flexibility index (Phi) is 3.40. The molecular weight excluding hydrogens is 212 g/mol. The Morgan fingerprint density at radius 1 is 1.41 bits per heavy atom. The van der Waals surface area contributed by atoms with Gasteiger partial charge in [-0.15, -0.1) is 0 Å². The van der Waals surface area contributed by atoms with Crippen molar-refractivity contribution in [3.8, 4) is 5.75 Å². The molecule has 3 heteroatoms. The van der Waals surface area contributed by atoms with Crippen molar-refractivity contribution < 1.29 is 5.11 Å². The van der Waals surface area contributed by atoms with Gasteiger partial charge in [0.1, 0.15) is 5.75 Å². The molecule has 1 saturated heterocycles. The second-order valence-corrected chi connectivity index (χ2v) is 5.24. The van der Waals surface area contributed by atoms with Crippen LogP contribution in [0.4, 0.5) is 0 Å². The van der Waals surface area contributed by atoms with Crippen LogP contribution in [0.3, 0.4) is 0 Å². The summed E-state index contributed by atoms with van der Waals surface area (Å²) < 4.78 is 0. The highest BCUT2D eigenvalue weighted by atomic mass is 16.3. The largest absolute Gasteiger partial charge is 0.507 e. The molecule has 0 amide bonds. The summed E-state index contributed by atoms with van der Waals surface area (Å²) in [7, 11) is 2.11. The number of hydrogen-bond acceptors (Lipinski definition) is 3. The summed E-state index contributed by atoms with van der Waals surface area (Å²) in [5.74, 6) is 1.01. The molecule has 2 unspecified atom stereocenters. The van der Waals surface area contributed by atoms with Gasteiger partial charge in [-0.05, 0) is 50.9 Å². The molecule has 1 heterocycles. The number of aryl methyl sites for hydroxylation is 1. The van der Waals surface area contributed by atoms with Crippen LogP contribution in [0.15, 0.2) is 12.1 Å². The number of hydrogen-bond donors (Lipinski definition) is 2. The zero-order valence-corrected chi connectivity index (χ0v) is 10.9. The minimum absolute atomic E-state index is 0.308. The van der Waals surface area contributed by atoms with Gasteiger partial charge in [0.25, 0.3) is 0 Å². The summed E-state index contributed by atoms with van der Waals surface area (Å²) in [5.41, 5.74) is 8.92. The topological polar surface area (TPSA) is 49.5 Å². The van der Waals surface area contributed by atoms with Gasteiger partial charge in [0.2, 0.25) is 0 Å². The average molecular weight is 234 g/mol. The standard InChI is InChI=1S/C14H22N2O/c1-9-4-5-12(14(17)10(9)2)13-6-11(7-15)8-16(13)3/h4-5,11,13,17H,6-8,15H2,1-3H3. The molecule has 0 spiro atoms. The van der Waals surface area contributed by atoms with Crippen molar-refractivity contribution in [2.45, 2.75) is 26.3 Å². The highest BCUT2D eigenvalue weighted by Crippen LogP contribution is 2.39. The summed E-state index contributed by atoms with van der Waals surface area (Å²) in [4.78, 5) is 2.29. The molecule has 1 aromatic rings. The maximum Gasteiger partial charge on any atom is 0.123 e. The number of aromatic hydroxyl groups is 1. The fourth-order valence-corrected chi connectivity index (χ4v) is 2.73. The summed E-state index contributed by atoms with van der Waals surface area (Å²) in [6.45, 7) is 5.75. The predicted molar refractivity (Wildman–Crippen MR) is 70.1 cm³/mol. The zero-order chi connectivity index (χ0) is 12.6. The quantitative estimate of drug-likeness (QED) is 0.822. The van der Waals surface area contributed by atoms with Gasteiger partial charge in [-0.1, -0.05) is 12.1 Å². The van der Waals surface area contributed by atoms with E-state index in [1.54, 1.807) is 0 Å². The van der Waals surface area contributed by atoms with Crippen molar-refractivity contribution in [2.24, 2.45) is 11.7 Å². The smallest absolute Gasteiger partial charge is 0.123 e. The van der Waals surface area contributed by atoms with Gasteiger partial charge in [0.05, 0.1) is 0 Å². The highest BCUT2D eigenvalue weighted by molar-refractivity contribution is 5.46. The molecule has 17 heavy (non-hydrogen) atoms. The number of phenolic OH excluding ortho intramolecular Hbond substituents is 1. The van der Waals surface area contributed by atoms with E-state index in [0.29, 0.717) is 17.7 Å². The van der Waals surface area contributed by atoms with Gasteiger partial charge in [0, 0.05) is 18.2 Å². The van der Waals surface area contributed by atoms with Gasteiger partial charge in [-0.3, -0.25) is 4.90 Å². The number of phenols is 1. The van der Waals surface area contributed by atoms with Gasteiger partial charge in [0.15, 0.2) is 0 Å². The molecule has 2 rings (SSSR count). The fraction of sp³-hybridized carbons (Fsp3) is 0.571. The normalized spacial score (nSPS) is 25.4. The first-order valence-corrected chi connectivity index (χ1v) is 6.24. The van der Waals surface area contributed by atoms with Crippen LogP contribution in [0.5, 0.6) is 5.75 Å². The average Bonchev–Trinajstić information content (AvgIpc) is 2.68. The first kappa shape index (κ1) is 12.4. The van der Waals surface area contributed by atoms with Crippen LogP contribution in [-0.2, 0) is 0 Å². The summed E-state index contributed by atoms with van der Waals surface area (Å²) in [6, 6.07) is 4.45. The molecule has 0 aliphatic carbocycles. The lowest BCUT2D eigenvalue weighted by Gasteiger charge is -2.22. The Bertz CT molecular complexity index is 417. The molecule has 3 nitrogen and oxygen atoms in total. The lowest BCUT2D eigenvalue weighted by molar-refractivity contribution is 0.305. The van der Waals surface area contributed by atoms with Gasteiger partial charge < -0.3 is 10.8 Å². The van der Waals surface area contributed by atoms with Crippen molar-refractivity contribution in [3.05, 3.63) is 28.8 Å². The Morgan fingerprint density at radius 3 is 2.71 bits per heavy atom. The van der Waals surface area contributed by atoms with Crippen molar-refractivity contribution in [1.29, 1.82) is 0 Å². The minimum Gasteiger partial charge on any atom is -0.507 e. The monoisotopic (exact) mass is 234 g/mol. The van der Waals surface area contributed by atoms with E-state index in [9.17, 15) is 5.11 Å². The van der Waals surface area contributed by atoms with Gasteiger partial charge in [-0.2, -0.15) is 0 Å². The van der Waals surface area contributed by atoms with Crippen molar-refractivity contribution >= 4 is 0 Å². The van der Waals surface area contributed by atoms with Crippen LogP contribution >= 0.6 is 0 Å². The Morgan fingerprint density at radius 2 is 2.12 bits per heavy atom. The molecule has 3 N–H and O–H groups in total. The molecule has 2 atom stereocenters. The molecule has 1 fully saturated rings. The van der Waals surface area contributed by atoms with Crippen LogP contribution in [0.1, 0.15) is 29.2 Å². The van der Waals surface area contributed by atoms with Crippen LogP contribution in [-0.4, -0.2) is 30.1 Å². The van der Waals surface area contributed by atoms with Gasteiger partial charge in [-0.25, -0.2) is 0 Å². The van der Waals surface area contributed by atoms with E-state index in [4.69, 9.17) is 5.73 Å². The molecule has 1 aliphatic heterocycles. The predicted octanol–water partition coefficient (Wildman–Crippen LogP) is 1.96. The maximum absolute atomic E-state index is 10.3. The number of likely N-dealkylation sites (tertiary alicyclic amines) is 1. The van der Waals surface area contributed by atoms with Crippen LogP contribution in [0.25, 0.3) is 0 Å². The second-order valence-electron chi connectivity index (χ2n) is 5.24. The van der Waals surface area contributed by atoms with Crippen molar-refractivity contribution in [1.82, 2.24) is 4.90 Å². The van der Waals surface area contributed by atoms with Crippen LogP contribution in [0, 0.1) is 19.8 Å². The molecule has 0 radical (unpaired) electrons. The van der Waals surface area contributed by atoms with E-state index in [1.165, 1.54) is 0 Å². The molecule has 0 aromatic heterocycles. The number of rotatable bonds is 2. The first-order valence-electron chi connectivity index (χ1n) is 6.24. The second kappa shape index (κ2) is 4.67. The third-order valence-corrected chi connectivity index (χ3v) is 4.06. The molecular formula is C14H22N2O. The Labute approximate surface area is 103 Å². The molecule has 94 valence electrons. The minimum atomic E-state index is 0.308. The van der Waals surface area contributed by atoms with Crippen LogP contribution in [0.2, 0.25) is 0 Å². The SMILES string of the molecule is Cc1ccc(C2CC(CN)CN2C)c(O)c1C. The maximum atomic E-state index is 10.3. The molecule has 0 saturated carbocycles. The van der Waals surface area contributed by atoms with E-state index in [1.807, 2.05) is 13.8 Å². The molecule has 1 aliphatic rings. The number of nitrogens with zero attached hydrogens (tertiary/aromatic N) is 1. The van der Waals surface area contributed by atoms with E-state index in [2.05, 4.69) is 24.1 Å². The Hall–Kier alpha value is -1.06. The third-order valence-electron chi connectivity index (χ3n) is 4.06. The lowest BCUT2D eigenvalue weighted by Crippen LogP contribution is -2.20. The third kappa shape index (κ3) is 2.17. The van der Waals surface area contributed by atoms with E-state index in [0.717, 1.165) is 36.2 Å². The van der Waals surface area contributed by atoms with Crippen molar-refractivity contribution in [2.75, 3.05) is 20.1 Å². The van der Waals surface area contributed by atoms with E-state index < -0.39 is 0 Å². The summed E-state index contributed by atoms with van der Waals surface area (Å²) in [5, 5.41) is 10.3. The summed E-state index contributed by atoms with van der Waals surface area (Å²) >= 11 is 0. The zero-order valence-electron chi connectivity index (χ0n) is 10.9. The molecule has 0 bridgehead atoms. The van der Waals surface area contributed by atoms with E-state index >= 15 is 0 Å². The number of nitrogens with two attached hydrogens (primary N) is 1. The fourth-order valence-electron chi connectivity index (χ4n) is 2.73. The number of benzene rings is 1. The Balaban J connectivity index is 2.32. The van der Waals surface area contributed by atoms with E-state index in [-0.39, 0.29) is 0 Å².